The average Bonchev–Trinajstić information content (AvgIpc) is 2.62. The lowest BCUT2D eigenvalue weighted by Gasteiger charge is -2.09. The minimum absolute atomic E-state index is 0.381. The highest BCUT2D eigenvalue weighted by Gasteiger charge is 2.10. The summed E-state index contributed by atoms with van der Waals surface area (Å²) in [5, 5.41) is 6.20. The monoisotopic (exact) mass is 339 g/mol. The van der Waals surface area contributed by atoms with E-state index in [0.717, 1.165) is 5.56 Å². The number of amides is 2. The number of hydrogen-bond donors (Lipinski definition) is 2. The molecule has 0 atom stereocenters. The fraction of sp³-hybridized carbons (Fsp3) is 0.211. The van der Waals surface area contributed by atoms with Crippen LogP contribution < -0.4 is 15.5 Å². The second-order valence-corrected chi connectivity index (χ2v) is 5.37. The van der Waals surface area contributed by atoms with Crippen LogP contribution in [0.2, 0.25) is 0 Å². The van der Waals surface area contributed by atoms with Gasteiger partial charge in [0.15, 0.2) is 0 Å². The molecular formula is C19H21N3O3. The SMILES string of the molecule is CCNC(=O)C(=O)N/N=C\c1ccccc1OCc1ccc(C)cc1. The number of nitrogens with one attached hydrogen (secondary N) is 2. The van der Waals surface area contributed by atoms with Gasteiger partial charge in [0.25, 0.3) is 0 Å². The number of para-hydroxylation sites is 1. The van der Waals surface area contributed by atoms with E-state index >= 15 is 0 Å². The number of aryl methyl sites for hydroxylation is 1. The van der Waals surface area contributed by atoms with Gasteiger partial charge >= 0.3 is 11.8 Å². The number of ether oxygens (including phenoxy) is 1. The first kappa shape index (κ1) is 18.2. The van der Waals surface area contributed by atoms with Crippen LogP contribution in [0.4, 0.5) is 0 Å². The third-order valence-corrected chi connectivity index (χ3v) is 3.35. The Balaban J connectivity index is 1.97. The molecule has 0 radical (unpaired) electrons. The lowest BCUT2D eigenvalue weighted by molar-refractivity contribution is -0.139. The van der Waals surface area contributed by atoms with Crippen molar-refractivity contribution in [3.8, 4) is 5.75 Å². The molecule has 0 aliphatic carbocycles. The summed E-state index contributed by atoms with van der Waals surface area (Å²) < 4.78 is 5.82. The highest BCUT2D eigenvalue weighted by Crippen LogP contribution is 2.17. The molecule has 2 rings (SSSR count). The minimum Gasteiger partial charge on any atom is -0.488 e. The van der Waals surface area contributed by atoms with Gasteiger partial charge in [-0.15, -0.1) is 0 Å². The highest BCUT2D eigenvalue weighted by atomic mass is 16.5. The Kier molecular flexibility index (Phi) is 6.71. The number of hydrazone groups is 1. The molecule has 2 amide bonds. The third kappa shape index (κ3) is 5.76. The molecule has 6 heteroatoms. The summed E-state index contributed by atoms with van der Waals surface area (Å²) >= 11 is 0. The molecule has 0 fully saturated rings. The molecule has 0 aromatic heterocycles. The van der Waals surface area contributed by atoms with E-state index < -0.39 is 11.8 Å². The van der Waals surface area contributed by atoms with Gasteiger partial charge in [-0.2, -0.15) is 5.10 Å². The number of hydrogen-bond acceptors (Lipinski definition) is 4. The summed E-state index contributed by atoms with van der Waals surface area (Å²) in [7, 11) is 0. The quantitative estimate of drug-likeness (QED) is 0.481. The van der Waals surface area contributed by atoms with Crippen molar-refractivity contribution in [3.63, 3.8) is 0 Å². The van der Waals surface area contributed by atoms with Crippen LogP contribution in [-0.4, -0.2) is 24.6 Å². The van der Waals surface area contributed by atoms with Crippen molar-refractivity contribution in [1.82, 2.24) is 10.7 Å². The number of carbonyl (C=O) groups is 2. The number of nitrogens with zero attached hydrogens (tertiary/aromatic N) is 1. The van der Waals surface area contributed by atoms with Crippen molar-refractivity contribution < 1.29 is 14.3 Å². The Morgan fingerprint density at radius 3 is 2.52 bits per heavy atom. The molecule has 0 saturated heterocycles. The highest BCUT2D eigenvalue weighted by molar-refractivity contribution is 6.35. The van der Waals surface area contributed by atoms with Crippen LogP contribution in [0.3, 0.4) is 0 Å². The number of carbonyl (C=O) groups excluding carboxylic acids is 2. The van der Waals surface area contributed by atoms with E-state index in [-0.39, 0.29) is 0 Å². The Hall–Kier alpha value is -3.15. The van der Waals surface area contributed by atoms with Crippen LogP contribution in [0, 0.1) is 6.92 Å². The van der Waals surface area contributed by atoms with Crippen molar-refractivity contribution in [2.24, 2.45) is 5.10 Å². The van der Waals surface area contributed by atoms with E-state index in [2.05, 4.69) is 15.8 Å². The Labute approximate surface area is 146 Å². The van der Waals surface area contributed by atoms with Crippen molar-refractivity contribution in [2.45, 2.75) is 20.5 Å². The fourth-order valence-corrected chi connectivity index (χ4v) is 2.02. The first-order chi connectivity index (χ1) is 12.1. The number of rotatable bonds is 6. The summed E-state index contributed by atoms with van der Waals surface area (Å²) in [6, 6.07) is 15.4. The van der Waals surface area contributed by atoms with Gasteiger partial charge in [0.1, 0.15) is 12.4 Å². The molecule has 0 aliphatic rings. The normalized spacial score (nSPS) is 10.5. The van der Waals surface area contributed by atoms with E-state index in [4.69, 9.17) is 4.74 Å². The largest absolute Gasteiger partial charge is 0.488 e. The lowest BCUT2D eigenvalue weighted by Crippen LogP contribution is -2.37. The summed E-state index contributed by atoms with van der Waals surface area (Å²) in [4.78, 5) is 22.8. The maximum Gasteiger partial charge on any atom is 0.329 e. The molecule has 6 nitrogen and oxygen atoms in total. The Morgan fingerprint density at radius 2 is 1.80 bits per heavy atom. The maximum atomic E-state index is 11.5. The van der Waals surface area contributed by atoms with Crippen LogP contribution in [-0.2, 0) is 16.2 Å². The molecular weight excluding hydrogens is 318 g/mol. The van der Waals surface area contributed by atoms with E-state index in [0.29, 0.717) is 24.5 Å². The van der Waals surface area contributed by atoms with Gasteiger partial charge in [0.2, 0.25) is 0 Å². The number of likely N-dealkylation sites (N-methyl/N-ethyl adjacent to an activating group) is 1. The molecule has 0 saturated carbocycles. The third-order valence-electron chi connectivity index (χ3n) is 3.35. The van der Waals surface area contributed by atoms with E-state index in [9.17, 15) is 9.59 Å². The lowest BCUT2D eigenvalue weighted by atomic mass is 10.1. The molecule has 2 aromatic carbocycles. The summed E-state index contributed by atoms with van der Waals surface area (Å²) in [6.45, 7) is 4.57. The zero-order valence-corrected chi connectivity index (χ0v) is 14.3. The van der Waals surface area contributed by atoms with Gasteiger partial charge < -0.3 is 10.1 Å². The van der Waals surface area contributed by atoms with Crippen molar-refractivity contribution in [1.29, 1.82) is 0 Å². The topological polar surface area (TPSA) is 79.8 Å². The van der Waals surface area contributed by atoms with Crippen LogP contribution in [0.25, 0.3) is 0 Å². The van der Waals surface area contributed by atoms with E-state index in [1.54, 1.807) is 6.92 Å². The summed E-state index contributed by atoms with van der Waals surface area (Å²) in [5.41, 5.74) is 5.14. The van der Waals surface area contributed by atoms with Gasteiger partial charge in [0.05, 0.1) is 6.21 Å². The molecule has 2 N–H and O–H groups in total. The zero-order chi connectivity index (χ0) is 18.1. The second-order valence-electron chi connectivity index (χ2n) is 5.37. The number of benzene rings is 2. The van der Waals surface area contributed by atoms with E-state index in [1.807, 2.05) is 55.5 Å². The molecule has 0 aliphatic heterocycles. The molecule has 0 heterocycles. The van der Waals surface area contributed by atoms with E-state index in [1.165, 1.54) is 11.8 Å². The van der Waals surface area contributed by atoms with Crippen LogP contribution in [0.5, 0.6) is 5.75 Å². The van der Waals surface area contributed by atoms with Crippen LogP contribution >= 0.6 is 0 Å². The van der Waals surface area contributed by atoms with Crippen molar-refractivity contribution in [2.75, 3.05) is 6.54 Å². The van der Waals surface area contributed by atoms with Gasteiger partial charge in [-0.3, -0.25) is 9.59 Å². The zero-order valence-electron chi connectivity index (χ0n) is 14.3. The first-order valence-corrected chi connectivity index (χ1v) is 7.98. The predicted octanol–water partition coefficient (Wildman–Crippen LogP) is 2.16. The Morgan fingerprint density at radius 1 is 1.08 bits per heavy atom. The average molecular weight is 339 g/mol. The second kappa shape index (κ2) is 9.22. The van der Waals surface area contributed by atoms with Gasteiger partial charge in [-0.25, -0.2) is 5.43 Å². The minimum atomic E-state index is -0.809. The molecule has 130 valence electrons. The molecule has 2 aromatic rings. The smallest absolute Gasteiger partial charge is 0.329 e. The van der Waals surface area contributed by atoms with Gasteiger partial charge in [0, 0.05) is 12.1 Å². The van der Waals surface area contributed by atoms with Gasteiger partial charge in [-0.05, 0) is 31.5 Å². The fourth-order valence-electron chi connectivity index (χ4n) is 2.02. The van der Waals surface area contributed by atoms with Crippen molar-refractivity contribution in [3.05, 3.63) is 65.2 Å². The summed E-state index contributed by atoms with van der Waals surface area (Å²) in [5.74, 6) is -0.890. The predicted molar refractivity (Wildman–Crippen MR) is 96.4 cm³/mol. The van der Waals surface area contributed by atoms with Crippen molar-refractivity contribution >= 4 is 18.0 Å². The first-order valence-electron chi connectivity index (χ1n) is 7.98. The van der Waals surface area contributed by atoms with Crippen LogP contribution in [0.15, 0.2) is 53.6 Å². The van der Waals surface area contributed by atoms with Gasteiger partial charge in [-0.1, -0.05) is 42.0 Å². The molecule has 0 spiro atoms. The maximum absolute atomic E-state index is 11.5. The summed E-state index contributed by atoms with van der Waals surface area (Å²) in [6.07, 6.45) is 1.45. The van der Waals surface area contributed by atoms with Crippen LogP contribution in [0.1, 0.15) is 23.6 Å². The molecule has 0 unspecified atom stereocenters. The molecule has 25 heavy (non-hydrogen) atoms. The molecule has 0 bridgehead atoms. The standard InChI is InChI=1S/C19H21N3O3/c1-3-20-18(23)19(24)22-21-12-16-6-4-5-7-17(16)25-13-15-10-8-14(2)9-11-15/h4-12H,3,13H2,1-2H3,(H,20,23)(H,22,24)/b21-12-. The Bertz CT molecular complexity index is 755.